The van der Waals surface area contributed by atoms with Crippen LogP contribution in [0.25, 0.3) is 0 Å². The Hall–Kier alpha value is -1.40. The molecule has 162 valence electrons. The fourth-order valence-corrected chi connectivity index (χ4v) is 6.76. The Morgan fingerprint density at radius 1 is 1.07 bits per heavy atom. The second-order valence-electron chi connectivity index (χ2n) is 6.02. The van der Waals surface area contributed by atoms with E-state index in [2.05, 4.69) is 15.3 Å². The number of carboxylic acid groups (broad SMARTS) is 1. The van der Waals surface area contributed by atoms with Gasteiger partial charge < -0.3 is 16.2 Å². The topological polar surface area (TPSA) is 118 Å². The highest BCUT2D eigenvalue weighted by atomic mass is 33.1. The molecule has 0 spiro atoms. The van der Waals surface area contributed by atoms with Crippen molar-refractivity contribution in [2.24, 2.45) is 5.73 Å². The largest absolute Gasteiger partial charge is 0.480 e. The third-order valence-corrected chi connectivity index (χ3v) is 8.81. The summed E-state index contributed by atoms with van der Waals surface area (Å²) in [5.74, 6) is -0.768. The van der Waals surface area contributed by atoms with Gasteiger partial charge in [0.25, 0.3) is 0 Å². The Labute approximate surface area is 192 Å². The highest BCUT2D eigenvalue weighted by molar-refractivity contribution is 8.77. The molecule has 11 heteroatoms. The Balaban J connectivity index is 1.85. The van der Waals surface area contributed by atoms with Gasteiger partial charge in [-0.05, 0) is 65.2 Å². The van der Waals surface area contributed by atoms with E-state index in [-0.39, 0.29) is 17.6 Å². The quantitative estimate of drug-likeness (QED) is 0.270. The van der Waals surface area contributed by atoms with E-state index in [0.29, 0.717) is 25.1 Å². The van der Waals surface area contributed by atoms with Gasteiger partial charge in [-0.25, -0.2) is 14.8 Å². The first-order valence-electron chi connectivity index (χ1n) is 9.27. The van der Waals surface area contributed by atoms with E-state index in [0.717, 1.165) is 10.1 Å². The molecule has 0 aliphatic carbocycles. The maximum atomic E-state index is 12.4. The smallest absolute Gasteiger partial charge is 0.327 e. The Morgan fingerprint density at radius 2 is 1.73 bits per heavy atom. The summed E-state index contributed by atoms with van der Waals surface area (Å²) in [6.45, 7) is 0.465. The van der Waals surface area contributed by atoms with Crippen molar-refractivity contribution in [3.05, 3.63) is 48.8 Å². The maximum absolute atomic E-state index is 12.4. The third kappa shape index (κ3) is 9.61. The van der Waals surface area contributed by atoms with Crippen molar-refractivity contribution in [2.75, 3.05) is 12.3 Å². The number of nitrogens with two attached hydrogens (primary N) is 1. The van der Waals surface area contributed by atoms with E-state index in [1.807, 2.05) is 36.4 Å². The zero-order valence-corrected chi connectivity index (χ0v) is 19.4. The Morgan fingerprint density at radius 3 is 2.30 bits per heavy atom. The van der Waals surface area contributed by atoms with Crippen LogP contribution >= 0.6 is 43.2 Å². The molecule has 2 aromatic rings. The van der Waals surface area contributed by atoms with Crippen molar-refractivity contribution in [3.8, 4) is 0 Å². The number of aromatic nitrogens is 2. The van der Waals surface area contributed by atoms with Gasteiger partial charge in [0.05, 0.1) is 0 Å². The van der Waals surface area contributed by atoms with E-state index in [9.17, 15) is 14.7 Å². The number of carbonyl (C=O) groups excluding carboxylic acids is 1. The molecule has 30 heavy (non-hydrogen) atoms. The standard InChI is InChI=1S/C19H24N4O3S4/c20-10-5-6-14(28-30-17-8-2-4-12-22-17)18(19(25)26)23-15(24)9-13-27-29-16-7-1-3-11-21-16/h1-4,7-8,11-12,14,18H,5-6,9-10,13,20H2,(H,23,24)(H,25,26)/t14?,18-/m0/s1. The summed E-state index contributed by atoms with van der Waals surface area (Å²) in [4.78, 5) is 32.7. The number of nitrogens with one attached hydrogen (secondary N) is 1. The van der Waals surface area contributed by atoms with Gasteiger partial charge in [-0.1, -0.05) is 33.7 Å². The van der Waals surface area contributed by atoms with E-state index in [1.54, 1.807) is 12.4 Å². The summed E-state index contributed by atoms with van der Waals surface area (Å²) in [6, 6.07) is 10.2. The lowest BCUT2D eigenvalue weighted by atomic mass is 10.1. The zero-order valence-electron chi connectivity index (χ0n) is 16.2. The van der Waals surface area contributed by atoms with Crippen LogP contribution in [0.15, 0.2) is 58.8 Å². The van der Waals surface area contributed by atoms with Crippen molar-refractivity contribution in [2.45, 2.75) is 40.6 Å². The number of hydrogen-bond donors (Lipinski definition) is 3. The number of pyridine rings is 2. The third-order valence-electron chi connectivity index (χ3n) is 3.74. The van der Waals surface area contributed by atoms with Crippen LogP contribution in [0.4, 0.5) is 0 Å². The number of carbonyl (C=O) groups is 2. The molecule has 0 saturated heterocycles. The SMILES string of the molecule is NCCCC(SSc1ccccn1)[C@H](NC(=O)CCSSc1ccccn1)C(=O)O. The lowest BCUT2D eigenvalue weighted by Crippen LogP contribution is -2.47. The normalized spacial score (nSPS) is 12.8. The molecule has 2 aromatic heterocycles. The Bertz CT molecular complexity index is 771. The molecule has 2 heterocycles. The number of rotatable bonds is 14. The summed E-state index contributed by atoms with van der Waals surface area (Å²) in [6.07, 6.45) is 4.90. The lowest BCUT2D eigenvalue weighted by molar-refractivity contribution is -0.141. The zero-order chi connectivity index (χ0) is 21.6. The van der Waals surface area contributed by atoms with Gasteiger partial charge in [0.2, 0.25) is 5.91 Å². The number of carboxylic acids is 1. The second-order valence-corrected chi connectivity index (χ2v) is 10.9. The van der Waals surface area contributed by atoms with Crippen molar-refractivity contribution >= 4 is 55.1 Å². The van der Waals surface area contributed by atoms with Crippen molar-refractivity contribution in [1.82, 2.24) is 15.3 Å². The maximum Gasteiger partial charge on any atom is 0.327 e. The van der Waals surface area contributed by atoms with E-state index in [1.165, 1.54) is 43.2 Å². The molecule has 4 N–H and O–H groups in total. The number of hydrogen-bond acceptors (Lipinski definition) is 9. The summed E-state index contributed by atoms with van der Waals surface area (Å²) in [5, 5.41) is 13.7. The predicted octanol–water partition coefficient (Wildman–Crippen LogP) is 3.72. The molecule has 1 amide bonds. The molecule has 0 aliphatic heterocycles. The van der Waals surface area contributed by atoms with Gasteiger partial charge in [0.1, 0.15) is 16.1 Å². The van der Waals surface area contributed by atoms with Gasteiger partial charge in [-0.3, -0.25) is 4.79 Å². The van der Waals surface area contributed by atoms with Crippen LogP contribution in [0, 0.1) is 0 Å². The average Bonchev–Trinajstić information content (AvgIpc) is 2.77. The number of aliphatic carboxylic acids is 1. The van der Waals surface area contributed by atoms with Crippen LogP contribution in [-0.2, 0) is 9.59 Å². The minimum absolute atomic E-state index is 0.232. The highest BCUT2D eigenvalue weighted by Gasteiger charge is 2.30. The minimum atomic E-state index is -1.05. The van der Waals surface area contributed by atoms with Crippen LogP contribution in [-0.4, -0.2) is 50.5 Å². The van der Waals surface area contributed by atoms with Crippen LogP contribution in [0.1, 0.15) is 19.3 Å². The first-order valence-corrected chi connectivity index (χ1v) is 13.8. The monoisotopic (exact) mass is 484 g/mol. The molecule has 0 radical (unpaired) electrons. The van der Waals surface area contributed by atoms with E-state index in [4.69, 9.17) is 5.73 Å². The van der Waals surface area contributed by atoms with E-state index < -0.39 is 12.0 Å². The summed E-state index contributed by atoms with van der Waals surface area (Å²) in [5.41, 5.74) is 5.62. The Kier molecular flexibility index (Phi) is 12.1. The molecular weight excluding hydrogens is 461 g/mol. The van der Waals surface area contributed by atoms with E-state index >= 15 is 0 Å². The molecule has 2 atom stereocenters. The van der Waals surface area contributed by atoms with Crippen LogP contribution in [0.5, 0.6) is 0 Å². The van der Waals surface area contributed by atoms with Gasteiger partial charge in [0.15, 0.2) is 0 Å². The van der Waals surface area contributed by atoms with Gasteiger partial charge in [0, 0.05) is 29.8 Å². The number of amides is 1. The molecule has 7 nitrogen and oxygen atoms in total. The van der Waals surface area contributed by atoms with Crippen molar-refractivity contribution in [1.29, 1.82) is 0 Å². The lowest BCUT2D eigenvalue weighted by Gasteiger charge is -2.24. The molecule has 0 fully saturated rings. The first-order chi connectivity index (χ1) is 14.6. The second kappa shape index (κ2) is 14.6. The van der Waals surface area contributed by atoms with Crippen molar-refractivity contribution in [3.63, 3.8) is 0 Å². The fraction of sp³-hybridized carbons (Fsp3) is 0.368. The summed E-state index contributed by atoms with van der Waals surface area (Å²) < 4.78 is 0. The van der Waals surface area contributed by atoms with Crippen LogP contribution < -0.4 is 11.1 Å². The molecule has 0 saturated carbocycles. The van der Waals surface area contributed by atoms with Gasteiger partial charge in [-0.2, -0.15) is 0 Å². The summed E-state index contributed by atoms with van der Waals surface area (Å²) in [7, 11) is 5.81. The molecular formula is C19H24N4O3S4. The fourth-order valence-electron chi connectivity index (χ4n) is 2.29. The molecule has 0 bridgehead atoms. The first kappa shape index (κ1) is 24.9. The van der Waals surface area contributed by atoms with Gasteiger partial charge in [-0.15, -0.1) is 0 Å². The number of nitrogens with zero attached hydrogens (tertiary/aromatic N) is 2. The summed E-state index contributed by atoms with van der Waals surface area (Å²) >= 11 is 0. The molecule has 1 unspecified atom stereocenters. The average molecular weight is 485 g/mol. The predicted molar refractivity (Wildman–Crippen MR) is 126 cm³/mol. The molecule has 0 aliphatic rings. The van der Waals surface area contributed by atoms with Crippen LogP contribution in [0.2, 0.25) is 0 Å². The highest BCUT2D eigenvalue weighted by Crippen LogP contribution is 2.36. The minimum Gasteiger partial charge on any atom is -0.480 e. The van der Waals surface area contributed by atoms with Crippen molar-refractivity contribution < 1.29 is 14.7 Å². The molecule has 0 aromatic carbocycles. The molecule has 2 rings (SSSR count). The van der Waals surface area contributed by atoms with Gasteiger partial charge >= 0.3 is 5.97 Å². The van der Waals surface area contributed by atoms with Crippen LogP contribution in [0.3, 0.4) is 0 Å².